The Kier molecular flexibility index (Phi) is 8.64. The Bertz CT molecular complexity index is 789. The number of carbonyl (C=O) groups is 2. The first kappa shape index (κ1) is 23.3. The zero-order valence-corrected chi connectivity index (χ0v) is 18.5. The maximum absolute atomic E-state index is 12.6. The third-order valence-electron chi connectivity index (χ3n) is 5.39. The second-order valence-electron chi connectivity index (χ2n) is 7.31. The van der Waals surface area contributed by atoms with Gasteiger partial charge in [-0.3, -0.25) is 9.59 Å². The van der Waals surface area contributed by atoms with E-state index in [-0.39, 0.29) is 22.6 Å². The van der Waals surface area contributed by atoms with E-state index in [1.165, 1.54) is 4.31 Å². The third-order valence-corrected chi connectivity index (χ3v) is 7.45. The molecule has 0 saturated carbocycles. The molecule has 1 aliphatic rings. The molecule has 29 heavy (non-hydrogen) atoms. The topological polar surface area (TPSA) is 86.8 Å². The fourth-order valence-electron chi connectivity index (χ4n) is 3.69. The molecule has 1 aliphatic heterocycles. The van der Waals surface area contributed by atoms with Crippen LogP contribution >= 0.6 is 0 Å². The van der Waals surface area contributed by atoms with E-state index in [2.05, 4.69) is 5.32 Å². The first-order valence-corrected chi connectivity index (χ1v) is 11.9. The minimum absolute atomic E-state index is 0.0231. The first-order chi connectivity index (χ1) is 13.8. The Morgan fingerprint density at radius 2 is 1.79 bits per heavy atom. The predicted molar refractivity (Wildman–Crippen MR) is 113 cm³/mol. The van der Waals surface area contributed by atoms with E-state index in [0.717, 1.165) is 18.4 Å². The number of likely N-dealkylation sites (tertiary alicyclic amines) is 1. The van der Waals surface area contributed by atoms with Gasteiger partial charge in [-0.1, -0.05) is 26.0 Å². The lowest BCUT2D eigenvalue weighted by Crippen LogP contribution is -2.45. The van der Waals surface area contributed by atoms with Crippen LogP contribution in [0, 0.1) is 5.92 Å². The van der Waals surface area contributed by atoms with Crippen LogP contribution in [0.1, 0.15) is 45.6 Å². The lowest BCUT2D eigenvalue weighted by molar-refractivity contribution is -0.135. The highest BCUT2D eigenvalue weighted by atomic mass is 32.2. The van der Waals surface area contributed by atoms with Crippen LogP contribution in [0.15, 0.2) is 29.2 Å². The number of aryl methyl sites for hydroxylation is 1. The SMILES string of the molecule is CCNC(=O)C1CCCN(C(=O)CCc2ccc(S(=O)(=O)N(CC)CC)cc2)C1. The number of hydrogen-bond acceptors (Lipinski definition) is 4. The van der Waals surface area contributed by atoms with Crippen molar-refractivity contribution in [1.82, 2.24) is 14.5 Å². The van der Waals surface area contributed by atoms with Gasteiger partial charge in [-0.25, -0.2) is 8.42 Å². The van der Waals surface area contributed by atoms with Crippen LogP contribution in [0.2, 0.25) is 0 Å². The van der Waals surface area contributed by atoms with Crippen LogP contribution in [0.3, 0.4) is 0 Å². The summed E-state index contributed by atoms with van der Waals surface area (Å²) >= 11 is 0. The van der Waals surface area contributed by atoms with Crippen molar-refractivity contribution in [1.29, 1.82) is 0 Å². The minimum Gasteiger partial charge on any atom is -0.356 e. The largest absolute Gasteiger partial charge is 0.356 e. The number of nitrogens with zero attached hydrogens (tertiary/aromatic N) is 2. The van der Waals surface area contributed by atoms with Crippen molar-refractivity contribution in [2.75, 3.05) is 32.7 Å². The van der Waals surface area contributed by atoms with Crippen LogP contribution in [0.4, 0.5) is 0 Å². The Balaban J connectivity index is 1.93. The molecule has 0 aromatic heterocycles. The average molecular weight is 424 g/mol. The van der Waals surface area contributed by atoms with Crippen molar-refractivity contribution >= 4 is 21.8 Å². The molecule has 1 fully saturated rings. The van der Waals surface area contributed by atoms with Crippen LogP contribution in [-0.4, -0.2) is 62.2 Å². The lowest BCUT2D eigenvalue weighted by atomic mass is 9.96. The van der Waals surface area contributed by atoms with Crippen LogP contribution < -0.4 is 5.32 Å². The number of piperidine rings is 1. The van der Waals surface area contributed by atoms with Gasteiger partial charge in [0.1, 0.15) is 0 Å². The zero-order chi connectivity index (χ0) is 21.4. The molecule has 1 aromatic rings. The summed E-state index contributed by atoms with van der Waals surface area (Å²) in [5, 5.41) is 2.84. The molecule has 0 radical (unpaired) electrons. The van der Waals surface area contributed by atoms with Gasteiger partial charge >= 0.3 is 0 Å². The molecule has 1 unspecified atom stereocenters. The Hall–Kier alpha value is -1.93. The first-order valence-electron chi connectivity index (χ1n) is 10.5. The van der Waals surface area contributed by atoms with E-state index in [0.29, 0.717) is 45.6 Å². The van der Waals surface area contributed by atoms with Gasteiger partial charge in [0.25, 0.3) is 0 Å². The van der Waals surface area contributed by atoms with Crippen LogP contribution in [0.25, 0.3) is 0 Å². The molecule has 7 nitrogen and oxygen atoms in total. The van der Waals surface area contributed by atoms with Gasteiger partial charge in [0.2, 0.25) is 21.8 Å². The fourth-order valence-corrected chi connectivity index (χ4v) is 5.14. The second kappa shape index (κ2) is 10.7. The molecule has 1 saturated heterocycles. The number of carbonyl (C=O) groups excluding carboxylic acids is 2. The molecule has 1 aromatic carbocycles. The fraction of sp³-hybridized carbons (Fsp3) is 0.619. The number of nitrogens with one attached hydrogen (secondary N) is 1. The van der Waals surface area contributed by atoms with Gasteiger partial charge in [-0.15, -0.1) is 0 Å². The van der Waals surface area contributed by atoms with E-state index in [4.69, 9.17) is 0 Å². The van der Waals surface area contributed by atoms with Crippen molar-refractivity contribution in [3.8, 4) is 0 Å². The molecule has 8 heteroatoms. The predicted octanol–water partition coefficient (Wildman–Crippen LogP) is 2.02. The van der Waals surface area contributed by atoms with Crippen molar-refractivity contribution in [2.45, 2.75) is 51.3 Å². The molecular weight excluding hydrogens is 390 g/mol. The summed E-state index contributed by atoms with van der Waals surface area (Å²) in [4.78, 5) is 26.7. The Morgan fingerprint density at radius 1 is 1.14 bits per heavy atom. The van der Waals surface area contributed by atoms with Gasteiger partial charge in [0, 0.05) is 39.1 Å². The normalized spacial score (nSPS) is 17.4. The van der Waals surface area contributed by atoms with Crippen molar-refractivity contribution in [3.05, 3.63) is 29.8 Å². The summed E-state index contributed by atoms with van der Waals surface area (Å²) in [5.74, 6) is -0.0638. The molecule has 1 atom stereocenters. The van der Waals surface area contributed by atoms with E-state index < -0.39 is 10.0 Å². The Morgan fingerprint density at radius 3 is 2.38 bits per heavy atom. The molecule has 2 amide bonds. The Labute approximate surface area is 174 Å². The number of rotatable bonds is 9. The van der Waals surface area contributed by atoms with Gasteiger partial charge in [0.05, 0.1) is 10.8 Å². The zero-order valence-electron chi connectivity index (χ0n) is 17.7. The minimum atomic E-state index is -3.47. The number of benzene rings is 1. The van der Waals surface area contributed by atoms with Crippen LogP contribution in [-0.2, 0) is 26.0 Å². The maximum atomic E-state index is 12.6. The maximum Gasteiger partial charge on any atom is 0.243 e. The van der Waals surface area contributed by atoms with E-state index >= 15 is 0 Å². The summed E-state index contributed by atoms with van der Waals surface area (Å²) in [7, 11) is -3.47. The monoisotopic (exact) mass is 423 g/mol. The second-order valence-corrected chi connectivity index (χ2v) is 9.24. The summed E-state index contributed by atoms with van der Waals surface area (Å²) in [6, 6.07) is 6.77. The van der Waals surface area contributed by atoms with E-state index in [1.807, 2.05) is 20.8 Å². The van der Waals surface area contributed by atoms with E-state index in [9.17, 15) is 18.0 Å². The van der Waals surface area contributed by atoms with Gasteiger partial charge < -0.3 is 10.2 Å². The summed E-state index contributed by atoms with van der Waals surface area (Å²) in [6.45, 7) is 8.16. The van der Waals surface area contributed by atoms with Crippen molar-refractivity contribution < 1.29 is 18.0 Å². The average Bonchev–Trinajstić information content (AvgIpc) is 2.73. The standard InChI is InChI=1S/C21H33N3O4S/c1-4-22-21(26)18-8-7-15-23(16-18)20(25)14-11-17-9-12-19(13-10-17)29(27,28)24(5-2)6-3/h9-10,12-13,18H,4-8,11,14-16H2,1-3H3,(H,22,26). The molecular formula is C21H33N3O4S. The molecule has 1 heterocycles. The quantitative estimate of drug-likeness (QED) is 0.658. The highest BCUT2D eigenvalue weighted by Gasteiger charge is 2.28. The van der Waals surface area contributed by atoms with Crippen molar-refractivity contribution in [2.24, 2.45) is 5.92 Å². The number of sulfonamides is 1. The summed E-state index contributed by atoms with van der Waals surface area (Å²) in [5.41, 5.74) is 0.925. The molecule has 2 rings (SSSR count). The molecule has 0 aliphatic carbocycles. The van der Waals surface area contributed by atoms with Crippen LogP contribution in [0.5, 0.6) is 0 Å². The van der Waals surface area contributed by atoms with Gasteiger partial charge in [-0.05, 0) is 43.9 Å². The highest BCUT2D eigenvalue weighted by molar-refractivity contribution is 7.89. The number of hydrogen-bond donors (Lipinski definition) is 1. The molecule has 162 valence electrons. The molecule has 0 bridgehead atoms. The summed E-state index contributed by atoms with van der Waals surface area (Å²) < 4.78 is 26.5. The molecule has 0 spiro atoms. The van der Waals surface area contributed by atoms with Gasteiger partial charge in [-0.2, -0.15) is 4.31 Å². The van der Waals surface area contributed by atoms with E-state index in [1.54, 1.807) is 29.2 Å². The van der Waals surface area contributed by atoms with Gasteiger partial charge in [0.15, 0.2) is 0 Å². The highest BCUT2D eigenvalue weighted by Crippen LogP contribution is 2.19. The van der Waals surface area contributed by atoms with Crippen molar-refractivity contribution in [3.63, 3.8) is 0 Å². The smallest absolute Gasteiger partial charge is 0.243 e. The summed E-state index contributed by atoms with van der Waals surface area (Å²) in [6.07, 6.45) is 2.56. The number of amides is 2. The third kappa shape index (κ3) is 6.02. The molecule has 1 N–H and O–H groups in total. The lowest BCUT2D eigenvalue weighted by Gasteiger charge is -2.32.